The Morgan fingerprint density at radius 2 is 1.87 bits per heavy atom. The maximum absolute atomic E-state index is 13.5. The van der Waals surface area contributed by atoms with Gasteiger partial charge in [-0.05, 0) is 37.2 Å². The molecular weight excluding hydrogens is 384 g/mol. The highest BCUT2D eigenvalue weighted by Gasteiger charge is 2.58. The molecule has 3 aliphatic rings. The van der Waals surface area contributed by atoms with Gasteiger partial charge in [0.25, 0.3) is 11.8 Å². The van der Waals surface area contributed by atoms with Crippen LogP contribution in [0.4, 0.5) is 4.79 Å². The molecule has 8 nitrogen and oxygen atoms in total. The van der Waals surface area contributed by atoms with Crippen LogP contribution in [0.3, 0.4) is 0 Å². The van der Waals surface area contributed by atoms with E-state index in [1.165, 1.54) is 17.6 Å². The molecular formula is C22H24N4O4. The summed E-state index contributed by atoms with van der Waals surface area (Å²) in [5.74, 6) is 0.115. The highest BCUT2D eigenvalue weighted by Crippen LogP contribution is 2.41. The summed E-state index contributed by atoms with van der Waals surface area (Å²) in [6.45, 7) is 1.69. The summed E-state index contributed by atoms with van der Waals surface area (Å²) in [5, 5.41) is 0. The van der Waals surface area contributed by atoms with Crippen molar-refractivity contribution < 1.29 is 18.8 Å². The number of piperidine rings is 1. The van der Waals surface area contributed by atoms with E-state index in [0.717, 1.165) is 18.4 Å². The zero-order valence-corrected chi connectivity index (χ0v) is 16.7. The summed E-state index contributed by atoms with van der Waals surface area (Å²) in [7, 11) is 0. The van der Waals surface area contributed by atoms with Gasteiger partial charge in [-0.15, -0.1) is 0 Å². The van der Waals surface area contributed by atoms with Crippen molar-refractivity contribution in [2.75, 3.05) is 19.6 Å². The quantitative estimate of drug-likeness (QED) is 0.710. The maximum Gasteiger partial charge on any atom is 0.327 e. The number of carbonyl (C=O) groups is 3. The Kier molecular flexibility index (Phi) is 4.56. The third-order valence-electron chi connectivity index (χ3n) is 6.47. The van der Waals surface area contributed by atoms with Gasteiger partial charge in [0.05, 0.1) is 0 Å². The van der Waals surface area contributed by atoms with Crippen molar-refractivity contribution in [3.8, 4) is 0 Å². The first kappa shape index (κ1) is 18.8. The van der Waals surface area contributed by atoms with E-state index in [2.05, 4.69) is 4.98 Å². The first-order valence-corrected chi connectivity index (χ1v) is 10.4. The summed E-state index contributed by atoms with van der Waals surface area (Å²) in [5.41, 5.74) is 0.367. The molecule has 1 aromatic carbocycles. The molecule has 2 aliphatic heterocycles. The van der Waals surface area contributed by atoms with Crippen LogP contribution in [0.1, 0.15) is 41.7 Å². The van der Waals surface area contributed by atoms with Gasteiger partial charge < -0.3 is 14.2 Å². The van der Waals surface area contributed by atoms with Gasteiger partial charge >= 0.3 is 6.03 Å². The molecule has 3 heterocycles. The number of nitrogens with zero attached hydrogens (tertiary/aromatic N) is 4. The van der Waals surface area contributed by atoms with E-state index in [0.29, 0.717) is 44.9 Å². The van der Waals surface area contributed by atoms with Crippen LogP contribution in [0.2, 0.25) is 0 Å². The number of amides is 4. The summed E-state index contributed by atoms with van der Waals surface area (Å²) < 4.78 is 4.92. The van der Waals surface area contributed by atoms with Gasteiger partial charge in [0.2, 0.25) is 0 Å². The van der Waals surface area contributed by atoms with Crippen molar-refractivity contribution in [2.45, 2.75) is 37.8 Å². The lowest BCUT2D eigenvalue weighted by molar-refractivity contribution is -0.135. The lowest BCUT2D eigenvalue weighted by atomic mass is 9.85. The highest BCUT2D eigenvalue weighted by atomic mass is 16.3. The molecule has 1 saturated carbocycles. The zero-order valence-electron chi connectivity index (χ0n) is 16.7. The standard InChI is InChI=1S/C22H24N4O4/c27-19(18-14-30-15-23-18)24-10-8-22(9-11-24)20(28)25(12-17-6-7-17)21(29)26(22)13-16-4-2-1-3-5-16/h1-5,14-15,17H,6-13H2. The Labute approximate surface area is 174 Å². The first-order chi connectivity index (χ1) is 14.6. The number of aromatic nitrogens is 1. The number of oxazole rings is 1. The largest absolute Gasteiger partial charge is 0.451 e. The molecule has 156 valence electrons. The molecule has 0 bridgehead atoms. The van der Waals surface area contributed by atoms with Gasteiger partial charge in [-0.3, -0.25) is 14.5 Å². The molecule has 5 rings (SSSR count). The Bertz CT molecular complexity index is 947. The molecule has 0 radical (unpaired) electrons. The van der Waals surface area contributed by atoms with E-state index in [-0.39, 0.29) is 23.5 Å². The molecule has 0 unspecified atom stereocenters. The van der Waals surface area contributed by atoms with Crippen LogP contribution < -0.4 is 0 Å². The number of carbonyl (C=O) groups excluding carboxylic acids is 3. The predicted molar refractivity (Wildman–Crippen MR) is 106 cm³/mol. The maximum atomic E-state index is 13.5. The second kappa shape index (κ2) is 7.27. The average Bonchev–Trinajstić information content (AvgIpc) is 3.39. The number of urea groups is 1. The molecule has 3 fully saturated rings. The fourth-order valence-corrected chi connectivity index (χ4v) is 4.53. The molecule has 4 amide bonds. The highest BCUT2D eigenvalue weighted by molar-refractivity contribution is 6.07. The number of benzene rings is 1. The minimum absolute atomic E-state index is 0.108. The second-order valence-corrected chi connectivity index (χ2v) is 8.41. The fourth-order valence-electron chi connectivity index (χ4n) is 4.53. The third kappa shape index (κ3) is 3.16. The Hall–Kier alpha value is -3.16. The first-order valence-electron chi connectivity index (χ1n) is 10.4. The molecule has 2 saturated heterocycles. The lowest BCUT2D eigenvalue weighted by Crippen LogP contribution is -2.57. The van der Waals surface area contributed by atoms with Crippen LogP contribution in [-0.4, -0.2) is 62.7 Å². The van der Waals surface area contributed by atoms with Crippen molar-refractivity contribution in [1.82, 2.24) is 19.7 Å². The molecule has 1 aromatic heterocycles. The van der Waals surface area contributed by atoms with Crippen molar-refractivity contribution in [1.29, 1.82) is 0 Å². The van der Waals surface area contributed by atoms with Crippen LogP contribution >= 0.6 is 0 Å². The summed E-state index contributed by atoms with van der Waals surface area (Å²) in [6.07, 6.45) is 5.56. The minimum Gasteiger partial charge on any atom is -0.451 e. The smallest absolute Gasteiger partial charge is 0.327 e. The van der Waals surface area contributed by atoms with Crippen LogP contribution in [0, 0.1) is 5.92 Å². The van der Waals surface area contributed by atoms with Crippen molar-refractivity contribution >= 4 is 17.8 Å². The SMILES string of the molecule is O=C(c1cocn1)N1CCC2(CC1)C(=O)N(CC1CC1)C(=O)N2Cc1ccccc1. The molecule has 0 N–H and O–H groups in total. The van der Waals surface area contributed by atoms with Crippen molar-refractivity contribution in [2.24, 2.45) is 5.92 Å². The zero-order chi connectivity index (χ0) is 20.7. The van der Waals surface area contributed by atoms with E-state index < -0.39 is 5.54 Å². The van der Waals surface area contributed by atoms with Crippen LogP contribution in [-0.2, 0) is 11.3 Å². The van der Waals surface area contributed by atoms with Gasteiger partial charge in [0, 0.05) is 26.2 Å². The molecule has 0 atom stereocenters. The van der Waals surface area contributed by atoms with E-state index in [9.17, 15) is 14.4 Å². The van der Waals surface area contributed by atoms with E-state index >= 15 is 0 Å². The normalized spacial score (nSPS) is 21.0. The Morgan fingerprint density at radius 1 is 1.13 bits per heavy atom. The Morgan fingerprint density at radius 3 is 2.50 bits per heavy atom. The molecule has 30 heavy (non-hydrogen) atoms. The second-order valence-electron chi connectivity index (χ2n) is 8.41. The van der Waals surface area contributed by atoms with E-state index in [1.54, 1.807) is 9.80 Å². The van der Waals surface area contributed by atoms with Gasteiger partial charge in [-0.2, -0.15) is 0 Å². The van der Waals surface area contributed by atoms with Gasteiger partial charge in [0.15, 0.2) is 12.1 Å². The molecule has 1 aliphatic carbocycles. The van der Waals surface area contributed by atoms with Gasteiger partial charge in [-0.25, -0.2) is 9.78 Å². The summed E-state index contributed by atoms with van der Waals surface area (Å²) >= 11 is 0. The number of imide groups is 1. The molecule has 1 spiro atoms. The van der Waals surface area contributed by atoms with Gasteiger partial charge in [0.1, 0.15) is 11.8 Å². The van der Waals surface area contributed by atoms with Crippen LogP contribution in [0.25, 0.3) is 0 Å². The van der Waals surface area contributed by atoms with Crippen LogP contribution in [0.5, 0.6) is 0 Å². The number of rotatable bonds is 5. The number of likely N-dealkylation sites (tertiary alicyclic amines) is 1. The van der Waals surface area contributed by atoms with E-state index in [1.807, 2.05) is 30.3 Å². The third-order valence-corrected chi connectivity index (χ3v) is 6.47. The molecule has 2 aromatic rings. The van der Waals surface area contributed by atoms with Crippen LogP contribution in [0.15, 0.2) is 47.4 Å². The van der Waals surface area contributed by atoms with Gasteiger partial charge in [-0.1, -0.05) is 30.3 Å². The lowest BCUT2D eigenvalue weighted by Gasteiger charge is -2.42. The summed E-state index contributed by atoms with van der Waals surface area (Å²) in [4.78, 5) is 48.2. The van der Waals surface area contributed by atoms with Crippen molar-refractivity contribution in [3.05, 3.63) is 54.2 Å². The number of hydrogen-bond acceptors (Lipinski definition) is 5. The fraction of sp³-hybridized carbons (Fsp3) is 0.455. The minimum atomic E-state index is -0.886. The number of hydrogen-bond donors (Lipinski definition) is 0. The monoisotopic (exact) mass is 408 g/mol. The topological polar surface area (TPSA) is 87.0 Å². The summed E-state index contributed by atoms with van der Waals surface area (Å²) in [6, 6.07) is 9.55. The molecule has 8 heteroatoms. The average molecular weight is 408 g/mol. The Balaban J connectivity index is 1.39. The van der Waals surface area contributed by atoms with E-state index in [4.69, 9.17) is 4.42 Å². The van der Waals surface area contributed by atoms with Crippen molar-refractivity contribution in [3.63, 3.8) is 0 Å². The predicted octanol–water partition coefficient (Wildman–Crippen LogP) is 2.52.